The maximum absolute atomic E-state index is 13.9. The SMILES string of the molecule is CCCCCN1C(=O)[C@]2(NCCc3c2[nH]c2ccc(C)cc32)c2ccccc21. The van der Waals surface area contributed by atoms with Crippen LogP contribution in [0.2, 0.25) is 0 Å². The van der Waals surface area contributed by atoms with E-state index in [4.69, 9.17) is 0 Å². The van der Waals surface area contributed by atoms with E-state index >= 15 is 0 Å². The van der Waals surface area contributed by atoms with Gasteiger partial charge in [0.05, 0.1) is 5.69 Å². The van der Waals surface area contributed by atoms with Gasteiger partial charge in [-0.3, -0.25) is 10.1 Å². The van der Waals surface area contributed by atoms with Gasteiger partial charge in [-0.2, -0.15) is 0 Å². The van der Waals surface area contributed by atoms with Crippen molar-refractivity contribution in [1.82, 2.24) is 10.3 Å². The molecule has 5 rings (SSSR count). The zero-order chi connectivity index (χ0) is 19.3. The summed E-state index contributed by atoms with van der Waals surface area (Å²) >= 11 is 0. The number of aromatic amines is 1. The lowest BCUT2D eigenvalue weighted by molar-refractivity contribution is -0.123. The molecule has 0 saturated heterocycles. The number of amides is 1. The second-order valence-corrected chi connectivity index (χ2v) is 8.14. The number of hydrogen-bond donors (Lipinski definition) is 2. The summed E-state index contributed by atoms with van der Waals surface area (Å²) in [5, 5.41) is 4.89. The monoisotopic (exact) mass is 373 g/mol. The van der Waals surface area contributed by atoms with Gasteiger partial charge in [0.25, 0.3) is 5.91 Å². The molecule has 3 heterocycles. The Hall–Kier alpha value is -2.59. The Kier molecular flexibility index (Phi) is 4.06. The number of para-hydroxylation sites is 1. The molecule has 0 saturated carbocycles. The number of rotatable bonds is 4. The van der Waals surface area contributed by atoms with Crippen LogP contribution < -0.4 is 10.2 Å². The molecule has 0 bridgehead atoms. The number of H-pyrrole nitrogens is 1. The molecule has 1 aromatic heterocycles. The molecule has 0 unspecified atom stereocenters. The van der Waals surface area contributed by atoms with Crippen molar-refractivity contribution in [3.63, 3.8) is 0 Å². The van der Waals surface area contributed by atoms with Crippen LogP contribution in [-0.2, 0) is 16.8 Å². The average molecular weight is 374 g/mol. The smallest absolute Gasteiger partial charge is 0.258 e. The highest BCUT2D eigenvalue weighted by atomic mass is 16.2. The summed E-state index contributed by atoms with van der Waals surface area (Å²) in [6.45, 7) is 5.91. The first-order valence-corrected chi connectivity index (χ1v) is 10.4. The van der Waals surface area contributed by atoms with Crippen molar-refractivity contribution in [2.45, 2.75) is 45.1 Å². The van der Waals surface area contributed by atoms with Gasteiger partial charge in [-0.05, 0) is 43.5 Å². The van der Waals surface area contributed by atoms with Crippen LogP contribution in [0.15, 0.2) is 42.5 Å². The first-order chi connectivity index (χ1) is 13.7. The standard InChI is InChI=1S/C24H27N3O/c1-3-4-7-14-27-21-9-6-5-8-19(21)24(23(27)28)22-17(12-13-25-24)18-15-16(2)10-11-20(18)26-22/h5-6,8-11,15,25-26H,3-4,7,12-14H2,1-2H3/t24-/m0/s1. The second kappa shape index (κ2) is 6.49. The lowest BCUT2D eigenvalue weighted by Gasteiger charge is -2.34. The second-order valence-electron chi connectivity index (χ2n) is 8.14. The van der Waals surface area contributed by atoms with E-state index in [1.165, 1.54) is 16.5 Å². The maximum Gasteiger partial charge on any atom is 0.258 e. The van der Waals surface area contributed by atoms with E-state index in [1.807, 2.05) is 17.0 Å². The van der Waals surface area contributed by atoms with Crippen LogP contribution in [0.5, 0.6) is 0 Å². The molecular weight excluding hydrogens is 346 g/mol. The topological polar surface area (TPSA) is 48.1 Å². The van der Waals surface area contributed by atoms with Crippen molar-refractivity contribution in [1.29, 1.82) is 0 Å². The molecule has 1 spiro atoms. The van der Waals surface area contributed by atoms with Crippen LogP contribution in [0, 0.1) is 6.92 Å². The fraction of sp³-hybridized carbons (Fsp3) is 0.375. The fourth-order valence-electron chi connectivity index (χ4n) is 5.01. The number of aryl methyl sites for hydroxylation is 1. The largest absolute Gasteiger partial charge is 0.356 e. The molecule has 2 N–H and O–H groups in total. The molecule has 1 atom stereocenters. The average Bonchev–Trinajstić information content (AvgIpc) is 3.19. The Labute approximate surface area is 165 Å². The number of carbonyl (C=O) groups is 1. The van der Waals surface area contributed by atoms with Gasteiger partial charge in [-0.15, -0.1) is 0 Å². The highest BCUT2D eigenvalue weighted by molar-refractivity contribution is 6.11. The summed E-state index contributed by atoms with van der Waals surface area (Å²) < 4.78 is 0. The van der Waals surface area contributed by atoms with Crippen LogP contribution in [-0.4, -0.2) is 24.0 Å². The van der Waals surface area contributed by atoms with Gasteiger partial charge in [-0.25, -0.2) is 0 Å². The molecule has 0 radical (unpaired) electrons. The van der Waals surface area contributed by atoms with Gasteiger partial charge in [0.2, 0.25) is 0 Å². The third kappa shape index (κ3) is 2.31. The van der Waals surface area contributed by atoms with Crippen molar-refractivity contribution < 1.29 is 4.79 Å². The number of carbonyl (C=O) groups excluding carboxylic acids is 1. The number of nitrogens with zero attached hydrogens (tertiary/aromatic N) is 1. The van der Waals surface area contributed by atoms with E-state index in [1.54, 1.807) is 0 Å². The van der Waals surface area contributed by atoms with E-state index < -0.39 is 5.54 Å². The lowest BCUT2D eigenvalue weighted by atomic mass is 9.82. The summed E-state index contributed by atoms with van der Waals surface area (Å²) in [4.78, 5) is 19.5. The minimum absolute atomic E-state index is 0.161. The van der Waals surface area contributed by atoms with Crippen LogP contribution >= 0.6 is 0 Å². The predicted molar refractivity (Wildman–Crippen MR) is 114 cm³/mol. The van der Waals surface area contributed by atoms with Crippen LogP contribution in [0.4, 0.5) is 5.69 Å². The Morgan fingerprint density at radius 1 is 1.14 bits per heavy atom. The number of anilines is 1. The fourth-order valence-corrected chi connectivity index (χ4v) is 5.01. The van der Waals surface area contributed by atoms with E-state index in [2.05, 4.69) is 54.5 Å². The van der Waals surface area contributed by atoms with Crippen LogP contribution in [0.25, 0.3) is 10.9 Å². The minimum atomic E-state index is -0.788. The highest BCUT2D eigenvalue weighted by Gasteiger charge is 2.54. The van der Waals surface area contributed by atoms with Gasteiger partial charge < -0.3 is 9.88 Å². The summed E-state index contributed by atoms with van der Waals surface area (Å²) in [5.41, 5.74) is 6.04. The third-order valence-corrected chi connectivity index (χ3v) is 6.35. The molecule has 2 aliphatic rings. The molecule has 3 aromatic rings. The highest BCUT2D eigenvalue weighted by Crippen LogP contribution is 2.47. The molecule has 2 aromatic carbocycles. The van der Waals surface area contributed by atoms with Crippen molar-refractivity contribution in [2.75, 3.05) is 18.0 Å². The van der Waals surface area contributed by atoms with Gasteiger partial charge in [0, 0.05) is 35.2 Å². The summed E-state index contributed by atoms with van der Waals surface area (Å²) in [6, 6.07) is 14.8. The number of nitrogens with one attached hydrogen (secondary N) is 2. The normalized spacial score (nSPS) is 20.8. The zero-order valence-corrected chi connectivity index (χ0v) is 16.6. The maximum atomic E-state index is 13.9. The predicted octanol–water partition coefficient (Wildman–Crippen LogP) is 4.40. The van der Waals surface area contributed by atoms with Gasteiger partial charge >= 0.3 is 0 Å². The number of benzene rings is 2. The number of fused-ring (bicyclic) bond motifs is 6. The van der Waals surface area contributed by atoms with Crippen molar-refractivity contribution >= 4 is 22.5 Å². The van der Waals surface area contributed by atoms with Crippen LogP contribution in [0.3, 0.4) is 0 Å². The Bertz CT molecular complexity index is 1070. The molecule has 144 valence electrons. The molecule has 4 nitrogen and oxygen atoms in total. The van der Waals surface area contributed by atoms with Gasteiger partial charge in [0.1, 0.15) is 0 Å². The molecule has 28 heavy (non-hydrogen) atoms. The molecule has 0 aliphatic carbocycles. The molecule has 2 aliphatic heterocycles. The summed E-state index contributed by atoms with van der Waals surface area (Å²) in [6.07, 6.45) is 4.26. The van der Waals surface area contributed by atoms with E-state index in [9.17, 15) is 4.79 Å². The number of unbranched alkanes of at least 4 members (excludes halogenated alkanes) is 2. The Morgan fingerprint density at radius 3 is 2.86 bits per heavy atom. The third-order valence-electron chi connectivity index (χ3n) is 6.35. The first kappa shape index (κ1) is 17.5. The van der Waals surface area contributed by atoms with Crippen molar-refractivity contribution in [2.24, 2.45) is 0 Å². The molecular formula is C24H27N3O. The van der Waals surface area contributed by atoms with Crippen molar-refractivity contribution in [3.05, 3.63) is 64.8 Å². The molecule has 0 fully saturated rings. The van der Waals surface area contributed by atoms with E-state index in [-0.39, 0.29) is 5.91 Å². The zero-order valence-electron chi connectivity index (χ0n) is 16.6. The number of hydrogen-bond acceptors (Lipinski definition) is 2. The van der Waals surface area contributed by atoms with Crippen LogP contribution in [0.1, 0.15) is 48.6 Å². The number of aromatic nitrogens is 1. The van der Waals surface area contributed by atoms with Gasteiger partial charge in [-0.1, -0.05) is 49.6 Å². The molecule has 1 amide bonds. The van der Waals surface area contributed by atoms with Gasteiger partial charge in [0.15, 0.2) is 5.54 Å². The van der Waals surface area contributed by atoms with E-state index in [0.29, 0.717) is 0 Å². The first-order valence-electron chi connectivity index (χ1n) is 10.4. The summed E-state index contributed by atoms with van der Waals surface area (Å²) in [5.74, 6) is 0.161. The van der Waals surface area contributed by atoms with E-state index in [0.717, 1.165) is 61.2 Å². The van der Waals surface area contributed by atoms with Crippen molar-refractivity contribution in [3.8, 4) is 0 Å². The molecule has 4 heteroatoms. The Morgan fingerprint density at radius 2 is 2.00 bits per heavy atom. The minimum Gasteiger partial charge on any atom is -0.356 e. The quantitative estimate of drug-likeness (QED) is 0.666. The Balaban J connectivity index is 1.70. The summed E-state index contributed by atoms with van der Waals surface area (Å²) in [7, 11) is 0. The lowest BCUT2D eigenvalue weighted by Crippen LogP contribution is -2.55.